The second-order valence-corrected chi connectivity index (χ2v) is 8.13. The molecule has 1 aromatic heterocycles. The maximum absolute atomic E-state index is 13.7. The van der Waals surface area contributed by atoms with Gasteiger partial charge in [0.25, 0.3) is 0 Å². The molecule has 4 rings (SSSR count). The summed E-state index contributed by atoms with van der Waals surface area (Å²) < 4.78 is 32.5. The van der Waals surface area contributed by atoms with Gasteiger partial charge in [0.1, 0.15) is 16.6 Å². The average molecular weight is 407 g/mol. The van der Waals surface area contributed by atoms with Crippen LogP contribution in [0.15, 0.2) is 35.5 Å². The van der Waals surface area contributed by atoms with Crippen LogP contribution in [-0.2, 0) is 0 Å². The zero-order chi connectivity index (χ0) is 19.5. The number of ether oxygens (including phenoxy) is 1. The second kappa shape index (κ2) is 8.61. The summed E-state index contributed by atoms with van der Waals surface area (Å²) in [6.07, 6.45) is 5.27. The van der Waals surface area contributed by atoms with Gasteiger partial charge < -0.3 is 9.64 Å². The molecular weight excluding hydrogens is 382 g/mol. The Kier molecular flexibility index (Phi) is 5.96. The molecule has 2 atom stereocenters. The molecule has 0 saturated carbocycles. The third-order valence-electron chi connectivity index (χ3n) is 5.48. The van der Waals surface area contributed by atoms with E-state index in [2.05, 4.69) is 19.8 Å². The van der Waals surface area contributed by atoms with Crippen molar-refractivity contribution in [3.63, 3.8) is 0 Å². The summed E-state index contributed by atoms with van der Waals surface area (Å²) >= 11 is 1.30. The topological polar surface area (TPSA) is 41.5 Å². The van der Waals surface area contributed by atoms with Crippen LogP contribution in [0, 0.1) is 17.6 Å². The molecule has 0 N–H and O–H groups in total. The van der Waals surface area contributed by atoms with Crippen molar-refractivity contribution in [2.24, 2.45) is 5.92 Å². The molecule has 28 heavy (non-hydrogen) atoms. The monoisotopic (exact) mass is 406 g/mol. The van der Waals surface area contributed by atoms with Crippen molar-refractivity contribution < 1.29 is 13.5 Å². The SMILES string of the molecule is CSc1nc(N2CCN3CC(COc4ccc(F)cc4)CCC3C2)ncc1F. The zero-order valence-corrected chi connectivity index (χ0v) is 16.7. The fourth-order valence-electron chi connectivity index (χ4n) is 3.96. The molecule has 2 unspecified atom stereocenters. The molecule has 0 spiro atoms. The smallest absolute Gasteiger partial charge is 0.226 e. The number of piperazine rings is 1. The maximum atomic E-state index is 13.7. The number of thioether (sulfide) groups is 1. The van der Waals surface area contributed by atoms with Crippen LogP contribution in [0.25, 0.3) is 0 Å². The maximum Gasteiger partial charge on any atom is 0.226 e. The van der Waals surface area contributed by atoms with Gasteiger partial charge in [-0.15, -0.1) is 11.8 Å². The molecule has 0 amide bonds. The summed E-state index contributed by atoms with van der Waals surface area (Å²) in [7, 11) is 0. The van der Waals surface area contributed by atoms with Gasteiger partial charge in [0.2, 0.25) is 5.95 Å². The Hall–Kier alpha value is -1.93. The zero-order valence-electron chi connectivity index (χ0n) is 15.9. The number of anilines is 1. The van der Waals surface area contributed by atoms with E-state index in [1.54, 1.807) is 12.1 Å². The van der Waals surface area contributed by atoms with Gasteiger partial charge in [-0.3, -0.25) is 4.90 Å². The van der Waals surface area contributed by atoms with Crippen molar-refractivity contribution >= 4 is 17.7 Å². The Labute approximate surface area is 168 Å². The summed E-state index contributed by atoms with van der Waals surface area (Å²) in [5.41, 5.74) is 0. The van der Waals surface area contributed by atoms with E-state index in [0.717, 1.165) is 39.0 Å². The Morgan fingerprint density at radius 3 is 2.75 bits per heavy atom. The van der Waals surface area contributed by atoms with E-state index in [9.17, 15) is 8.78 Å². The normalized spacial score (nSPS) is 22.8. The molecule has 8 heteroatoms. The Bertz CT molecular complexity index is 807. The minimum absolute atomic E-state index is 0.250. The molecule has 2 fully saturated rings. The van der Waals surface area contributed by atoms with Crippen molar-refractivity contribution in [3.8, 4) is 5.75 Å². The van der Waals surface area contributed by atoms with Gasteiger partial charge in [0.05, 0.1) is 12.8 Å². The second-order valence-electron chi connectivity index (χ2n) is 7.33. The third kappa shape index (κ3) is 4.38. The van der Waals surface area contributed by atoms with Crippen LogP contribution < -0.4 is 9.64 Å². The fraction of sp³-hybridized carbons (Fsp3) is 0.500. The van der Waals surface area contributed by atoms with E-state index >= 15 is 0 Å². The molecule has 2 saturated heterocycles. The standard InChI is InChI=1S/C20H24F2N4OS/c1-28-19-18(22)10-23-20(24-19)26-9-8-25-11-14(2-5-16(25)12-26)13-27-17-6-3-15(21)4-7-17/h3-4,6-7,10,14,16H,2,5,8-9,11-13H2,1H3. The predicted octanol–water partition coefficient (Wildman–Crippen LogP) is 3.46. The lowest BCUT2D eigenvalue weighted by Crippen LogP contribution is -2.57. The number of fused-ring (bicyclic) bond motifs is 1. The average Bonchev–Trinajstić information content (AvgIpc) is 2.73. The highest BCUT2D eigenvalue weighted by molar-refractivity contribution is 7.98. The van der Waals surface area contributed by atoms with Crippen LogP contribution in [0.3, 0.4) is 0 Å². The van der Waals surface area contributed by atoms with E-state index in [4.69, 9.17) is 4.74 Å². The molecular formula is C20H24F2N4OS. The molecule has 150 valence electrons. The van der Waals surface area contributed by atoms with Gasteiger partial charge in [0, 0.05) is 38.1 Å². The number of benzene rings is 1. The largest absolute Gasteiger partial charge is 0.493 e. The van der Waals surface area contributed by atoms with Crippen LogP contribution in [0.1, 0.15) is 12.8 Å². The summed E-state index contributed by atoms with van der Waals surface area (Å²) in [6, 6.07) is 6.65. The van der Waals surface area contributed by atoms with E-state index in [1.807, 2.05) is 6.26 Å². The summed E-state index contributed by atoms with van der Waals surface area (Å²) in [5.74, 6) is 1.19. The minimum atomic E-state index is -0.364. The molecule has 0 bridgehead atoms. The van der Waals surface area contributed by atoms with Gasteiger partial charge in [-0.25, -0.2) is 18.7 Å². The molecule has 3 heterocycles. The highest BCUT2D eigenvalue weighted by Gasteiger charge is 2.34. The molecule has 0 radical (unpaired) electrons. The number of nitrogens with zero attached hydrogens (tertiary/aromatic N) is 4. The lowest BCUT2D eigenvalue weighted by Gasteiger charge is -2.46. The number of hydrogen-bond acceptors (Lipinski definition) is 6. The molecule has 2 aliphatic heterocycles. The van der Waals surface area contributed by atoms with Gasteiger partial charge in [-0.2, -0.15) is 0 Å². The third-order valence-corrected chi connectivity index (χ3v) is 6.15. The summed E-state index contributed by atoms with van der Waals surface area (Å²) in [5, 5.41) is 0.397. The number of rotatable bonds is 5. The summed E-state index contributed by atoms with van der Waals surface area (Å²) in [4.78, 5) is 13.2. The highest BCUT2D eigenvalue weighted by Crippen LogP contribution is 2.28. The van der Waals surface area contributed by atoms with E-state index < -0.39 is 0 Å². The van der Waals surface area contributed by atoms with Crippen molar-refractivity contribution in [1.29, 1.82) is 0 Å². The predicted molar refractivity (Wildman–Crippen MR) is 106 cm³/mol. The van der Waals surface area contributed by atoms with Gasteiger partial charge >= 0.3 is 0 Å². The molecule has 1 aromatic carbocycles. The van der Waals surface area contributed by atoms with Gasteiger partial charge in [0.15, 0.2) is 5.82 Å². The van der Waals surface area contributed by atoms with Crippen LogP contribution >= 0.6 is 11.8 Å². The molecule has 2 aliphatic rings. The first-order valence-corrected chi connectivity index (χ1v) is 10.8. The highest BCUT2D eigenvalue weighted by atomic mass is 32.2. The summed E-state index contributed by atoms with van der Waals surface area (Å²) in [6.45, 7) is 4.29. The van der Waals surface area contributed by atoms with E-state index in [0.29, 0.717) is 35.3 Å². The fourth-order valence-corrected chi connectivity index (χ4v) is 4.38. The van der Waals surface area contributed by atoms with E-state index in [1.165, 1.54) is 30.1 Å². The quantitative estimate of drug-likeness (QED) is 0.560. The molecule has 5 nitrogen and oxygen atoms in total. The minimum Gasteiger partial charge on any atom is -0.493 e. The number of aromatic nitrogens is 2. The van der Waals surface area contributed by atoms with E-state index in [-0.39, 0.29) is 11.6 Å². The van der Waals surface area contributed by atoms with Crippen LogP contribution in [0.4, 0.5) is 14.7 Å². The van der Waals surface area contributed by atoms with Crippen molar-refractivity contribution in [3.05, 3.63) is 42.1 Å². The van der Waals surface area contributed by atoms with Gasteiger partial charge in [-0.05, 0) is 43.4 Å². The van der Waals surface area contributed by atoms with Gasteiger partial charge in [-0.1, -0.05) is 0 Å². The lowest BCUT2D eigenvalue weighted by molar-refractivity contribution is 0.0725. The lowest BCUT2D eigenvalue weighted by atomic mass is 9.91. The van der Waals surface area contributed by atoms with Crippen LogP contribution in [-0.4, -0.2) is 60.0 Å². The first-order chi connectivity index (χ1) is 13.6. The van der Waals surface area contributed by atoms with Crippen LogP contribution in [0.5, 0.6) is 5.75 Å². The number of piperidine rings is 1. The first kappa shape index (κ1) is 19.4. The number of hydrogen-bond donors (Lipinski definition) is 0. The number of halogens is 2. The Morgan fingerprint density at radius 1 is 1.14 bits per heavy atom. The van der Waals surface area contributed by atoms with Crippen molar-refractivity contribution in [2.75, 3.05) is 43.9 Å². The Morgan fingerprint density at radius 2 is 1.96 bits per heavy atom. The van der Waals surface area contributed by atoms with Crippen molar-refractivity contribution in [1.82, 2.24) is 14.9 Å². The molecule has 0 aliphatic carbocycles. The Balaban J connectivity index is 1.31. The first-order valence-electron chi connectivity index (χ1n) is 9.56. The van der Waals surface area contributed by atoms with Crippen LogP contribution in [0.2, 0.25) is 0 Å². The molecule has 2 aromatic rings. The van der Waals surface area contributed by atoms with Crippen molar-refractivity contribution in [2.45, 2.75) is 23.9 Å².